The molecule has 1 aromatic heterocycles. The maximum Gasteiger partial charge on any atom is 0.248 e. The van der Waals surface area contributed by atoms with Crippen LogP contribution in [-0.2, 0) is 14.8 Å². The van der Waals surface area contributed by atoms with Crippen LogP contribution in [0, 0.1) is 13.8 Å². The molecule has 0 aliphatic carbocycles. The Morgan fingerprint density at radius 2 is 1.96 bits per heavy atom. The van der Waals surface area contributed by atoms with Gasteiger partial charge >= 0.3 is 0 Å². The van der Waals surface area contributed by atoms with Gasteiger partial charge in [-0.1, -0.05) is 12.1 Å². The number of carbonyl (C=O) groups is 1. The number of nitrogens with one attached hydrogen (secondary N) is 1. The summed E-state index contributed by atoms with van der Waals surface area (Å²) in [6.07, 6.45) is 4.20. The van der Waals surface area contributed by atoms with E-state index in [1.807, 2.05) is 26.0 Å². The first-order valence-corrected chi connectivity index (χ1v) is 9.32. The second-order valence-electron chi connectivity index (χ2n) is 5.76. The molecule has 0 fully saturated rings. The molecule has 2 rings (SSSR count). The molecule has 0 radical (unpaired) electrons. The van der Waals surface area contributed by atoms with Crippen LogP contribution in [-0.4, -0.2) is 31.6 Å². The van der Waals surface area contributed by atoms with Gasteiger partial charge in [-0.25, -0.2) is 8.42 Å². The predicted molar refractivity (Wildman–Crippen MR) is 95.6 cm³/mol. The van der Waals surface area contributed by atoms with E-state index in [0.717, 1.165) is 21.7 Å². The summed E-state index contributed by atoms with van der Waals surface area (Å²) in [7, 11) is -3.64. The van der Waals surface area contributed by atoms with Crippen LogP contribution in [0.4, 0.5) is 11.4 Å². The molecule has 1 amide bonds. The minimum Gasteiger partial charge on any atom is -0.323 e. The lowest BCUT2D eigenvalue weighted by Crippen LogP contribution is -2.45. The largest absolute Gasteiger partial charge is 0.323 e. The zero-order chi connectivity index (χ0) is 17.9. The Balaban J connectivity index is 2.38. The first kappa shape index (κ1) is 17.9. The average molecular weight is 347 g/mol. The molecule has 24 heavy (non-hydrogen) atoms. The summed E-state index contributed by atoms with van der Waals surface area (Å²) >= 11 is 0. The fraction of sp³-hybridized carbons (Fsp3) is 0.294. The van der Waals surface area contributed by atoms with Crippen molar-refractivity contribution < 1.29 is 13.2 Å². The molecule has 128 valence electrons. The van der Waals surface area contributed by atoms with E-state index in [0.29, 0.717) is 11.4 Å². The third kappa shape index (κ3) is 4.11. The van der Waals surface area contributed by atoms with Crippen LogP contribution in [0.5, 0.6) is 0 Å². The number of aryl methyl sites for hydroxylation is 2. The Bertz CT molecular complexity index is 835. The molecular formula is C17H21N3O3S. The summed E-state index contributed by atoms with van der Waals surface area (Å²) in [5, 5.41) is 2.69. The number of amides is 1. The van der Waals surface area contributed by atoms with E-state index in [-0.39, 0.29) is 0 Å². The SMILES string of the molecule is Cc1ccc(C)c(N(C(C)C(=O)Nc2cccnc2)S(C)(=O)=O)c1. The summed E-state index contributed by atoms with van der Waals surface area (Å²) < 4.78 is 25.8. The van der Waals surface area contributed by atoms with Gasteiger partial charge in [0.15, 0.2) is 0 Å². The highest BCUT2D eigenvalue weighted by atomic mass is 32.2. The minimum atomic E-state index is -3.64. The van der Waals surface area contributed by atoms with Gasteiger partial charge in [0, 0.05) is 6.20 Å². The van der Waals surface area contributed by atoms with Gasteiger partial charge in [-0.3, -0.25) is 14.1 Å². The van der Waals surface area contributed by atoms with E-state index in [1.165, 1.54) is 6.20 Å². The van der Waals surface area contributed by atoms with Crippen LogP contribution < -0.4 is 9.62 Å². The summed E-state index contributed by atoms with van der Waals surface area (Å²) in [6, 6.07) is 8.00. The van der Waals surface area contributed by atoms with Crippen LogP contribution in [0.2, 0.25) is 0 Å². The van der Waals surface area contributed by atoms with Crippen LogP contribution in [0.1, 0.15) is 18.1 Å². The number of pyridine rings is 1. The molecule has 1 N–H and O–H groups in total. The van der Waals surface area contributed by atoms with Crippen molar-refractivity contribution in [1.82, 2.24) is 4.98 Å². The van der Waals surface area contributed by atoms with Gasteiger partial charge < -0.3 is 5.32 Å². The first-order chi connectivity index (χ1) is 11.2. The Kier molecular flexibility index (Phi) is 5.23. The topological polar surface area (TPSA) is 79.4 Å². The smallest absolute Gasteiger partial charge is 0.248 e. The van der Waals surface area contributed by atoms with E-state index in [1.54, 1.807) is 31.3 Å². The van der Waals surface area contributed by atoms with Gasteiger partial charge in [0.1, 0.15) is 6.04 Å². The number of sulfonamides is 1. The van der Waals surface area contributed by atoms with Gasteiger partial charge in [0.25, 0.3) is 0 Å². The maximum atomic E-state index is 12.5. The van der Waals surface area contributed by atoms with Crippen LogP contribution in [0.3, 0.4) is 0 Å². The normalized spacial score (nSPS) is 12.5. The highest BCUT2D eigenvalue weighted by Crippen LogP contribution is 2.26. The van der Waals surface area contributed by atoms with Crippen LogP contribution >= 0.6 is 0 Å². The van der Waals surface area contributed by atoms with Crippen molar-refractivity contribution in [1.29, 1.82) is 0 Å². The van der Waals surface area contributed by atoms with Gasteiger partial charge in [0.2, 0.25) is 15.9 Å². The number of benzene rings is 1. The van der Waals surface area contributed by atoms with E-state index in [2.05, 4.69) is 10.3 Å². The number of hydrogen-bond acceptors (Lipinski definition) is 4. The average Bonchev–Trinajstić information content (AvgIpc) is 2.50. The number of rotatable bonds is 5. The van der Waals surface area contributed by atoms with Crippen molar-refractivity contribution in [2.24, 2.45) is 0 Å². The highest BCUT2D eigenvalue weighted by molar-refractivity contribution is 7.92. The number of hydrogen-bond donors (Lipinski definition) is 1. The van der Waals surface area contributed by atoms with Gasteiger partial charge in [-0.05, 0) is 50.1 Å². The van der Waals surface area contributed by atoms with Crippen molar-refractivity contribution in [2.75, 3.05) is 15.9 Å². The van der Waals surface area contributed by atoms with Crippen molar-refractivity contribution in [3.05, 3.63) is 53.9 Å². The molecule has 0 saturated carbocycles. The lowest BCUT2D eigenvalue weighted by atomic mass is 10.1. The third-order valence-corrected chi connectivity index (χ3v) is 4.85. The Morgan fingerprint density at radius 1 is 1.25 bits per heavy atom. The molecule has 1 aromatic carbocycles. The Labute approximate surface area is 142 Å². The second-order valence-corrected chi connectivity index (χ2v) is 7.62. The molecule has 0 aliphatic heterocycles. The van der Waals surface area contributed by atoms with Crippen molar-refractivity contribution in [3.63, 3.8) is 0 Å². The first-order valence-electron chi connectivity index (χ1n) is 7.47. The highest BCUT2D eigenvalue weighted by Gasteiger charge is 2.30. The van der Waals surface area contributed by atoms with E-state index >= 15 is 0 Å². The lowest BCUT2D eigenvalue weighted by molar-refractivity contribution is -0.116. The number of aromatic nitrogens is 1. The Morgan fingerprint density at radius 3 is 2.54 bits per heavy atom. The molecule has 0 saturated heterocycles. The number of anilines is 2. The minimum absolute atomic E-state index is 0.422. The molecule has 7 heteroatoms. The molecular weight excluding hydrogens is 326 g/mol. The monoisotopic (exact) mass is 347 g/mol. The summed E-state index contributed by atoms with van der Waals surface area (Å²) in [4.78, 5) is 16.5. The fourth-order valence-electron chi connectivity index (χ4n) is 2.42. The van der Waals surface area contributed by atoms with Crippen molar-refractivity contribution in [3.8, 4) is 0 Å². The Hall–Kier alpha value is -2.41. The van der Waals surface area contributed by atoms with Gasteiger partial charge in [-0.2, -0.15) is 0 Å². The van der Waals surface area contributed by atoms with E-state index in [4.69, 9.17) is 0 Å². The molecule has 6 nitrogen and oxygen atoms in total. The molecule has 1 unspecified atom stereocenters. The predicted octanol–water partition coefficient (Wildman–Crippen LogP) is 2.49. The summed E-state index contributed by atoms with van der Waals surface area (Å²) in [5.74, 6) is -0.422. The quantitative estimate of drug-likeness (QED) is 0.901. The van der Waals surface area contributed by atoms with E-state index in [9.17, 15) is 13.2 Å². The lowest BCUT2D eigenvalue weighted by Gasteiger charge is -2.29. The zero-order valence-corrected chi connectivity index (χ0v) is 15.0. The van der Waals surface area contributed by atoms with Crippen molar-refractivity contribution >= 4 is 27.3 Å². The fourth-order valence-corrected chi connectivity index (χ4v) is 3.65. The molecule has 2 aromatic rings. The third-order valence-electron chi connectivity index (χ3n) is 3.62. The second kappa shape index (κ2) is 7.00. The van der Waals surface area contributed by atoms with Crippen LogP contribution in [0.15, 0.2) is 42.7 Å². The standard InChI is InChI=1S/C17H21N3O3S/c1-12-7-8-13(2)16(10-12)20(24(4,22)23)14(3)17(21)19-15-6-5-9-18-11-15/h5-11,14H,1-4H3,(H,19,21). The number of nitrogens with zero attached hydrogens (tertiary/aromatic N) is 2. The molecule has 1 atom stereocenters. The zero-order valence-electron chi connectivity index (χ0n) is 14.1. The van der Waals surface area contributed by atoms with Gasteiger partial charge in [0.05, 0.1) is 23.8 Å². The molecule has 1 heterocycles. The van der Waals surface area contributed by atoms with Gasteiger partial charge in [-0.15, -0.1) is 0 Å². The van der Waals surface area contributed by atoms with Crippen molar-refractivity contribution in [2.45, 2.75) is 26.8 Å². The molecule has 0 spiro atoms. The molecule has 0 bridgehead atoms. The summed E-state index contributed by atoms with van der Waals surface area (Å²) in [6.45, 7) is 5.26. The number of carbonyl (C=O) groups excluding carboxylic acids is 1. The molecule has 0 aliphatic rings. The summed E-state index contributed by atoms with van der Waals surface area (Å²) in [5.41, 5.74) is 2.73. The van der Waals surface area contributed by atoms with E-state index < -0.39 is 22.0 Å². The maximum absolute atomic E-state index is 12.5. The van der Waals surface area contributed by atoms with Crippen LogP contribution in [0.25, 0.3) is 0 Å².